The number of rotatable bonds is 6. The van der Waals surface area contributed by atoms with Crippen LogP contribution in [0, 0.1) is 13.8 Å². The summed E-state index contributed by atoms with van der Waals surface area (Å²) < 4.78 is 33.0. The predicted molar refractivity (Wildman–Crippen MR) is 77.0 cm³/mol. The van der Waals surface area contributed by atoms with Gasteiger partial charge in [-0.05, 0) is 33.0 Å². The fourth-order valence-corrected chi connectivity index (χ4v) is 3.55. The monoisotopic (exact) mass is 310 g/mol. The normalized spacial score (nSPS) is 11.8. The Labute approximate surface area is 123 Å². The third-order valence-corrected chi connectivity index (χ3v) is 4.61. The molecule has 2 aromatic rings. The lowest BCUT2D eigenvalue weighted by atomic mass is 10.2. The average Bonchev–Trinajstić information content (AvgIpc) is 2.73. The summed E-state index contributed by atoms with van der Waals surface area (Å²) in [6.45, 7) is 3.90. The maximum Gasteiger partial charge on any atom is 0.244 e. The zero-order valence-electron chi connectivity index (χ0n) is 12.2. The SMILES string of the molecule is CNCc1c(C)oc(C)c1S(=O)(=O)NCc1cccnn1. The van der Waals surface area contributed by atoms with E-state index in [2.05, 4.69) is 20.2 Å². The molecule has 0 fully saturated rings. The number of aryl methyl sites for hydroxylation is 2. The van der Waals surface area contributed by atoms with Gasteiger partial charge in [0, 0.05) is 18.3 Å². The molecular weight excluding hydrogens is 292 g/mol. The molecule has 0 aromatic carbocycles. The number of furan rings is 1. The van der Waals surface area contributed by atoms with Crippen molar-refractivity contribution < 1.29 is 12.8 Å². The summed E-state index contributed by atoms with van der Waals surface area (Å²) >= 11 is 0. The zero-order chi connectivity index (χ0) is 15.5. The molecular formula is C13H18N4O3S. The fraction of sp³-hybridized carbons (Fsp3) is 0.385. The van der Waals surface area contributed by atoms with Crippen LogP contribution in [0.3, 0.4) is 0 Å². The quantitative estimate of drug-likeness (QED) is 0.822. The molecule has 2 N–H and O–H groups in total. The van der Waals surface area contributed by atoms with Gasteiger partial charge in [-0.1, -0.05) is 0 Å². The Morgan fingerprint density at radius 1 is 1.24 bits per heavy atom. The first kappa shape index (κ1) is 15.6. The third-order valence-electron chi connectivity index (χ3n) is 3.02. The number of aromatic nitrogens is 2. The lowest BCUT2D eigenvalue weighted by molar-refractivity contribution is 0.493. The van der Waals surface area contributed by atoms with Crippen molar-refractivity contribution in [3.8, 4) is 0 Å². The van der Waals surface area contributed by atoms with Gasteiger partial charge in [0.25, 0.3) is 0 Å². The molecule has 0 radical (unpaired) electrons. The van der Waals surface area contributed by atoms with E-state index in [1.54, 1.807) is 33.0 Å². The Kier molecular flexibility index (Phi) is 4.71. The number of hydrogen-bond acceptors (Lipinski definition) is 6. The molecule has 0 amide bonds. The maximum atomic E-state index is 12.5. The van der Waals surface area contributed by atoms with Crippen LogP contribution in [-0.2, 0) is 23.1 Å². The molecule has 2 rings (SSSR count). The van der Waals surface area contributed by atoms with Gasteiger partial charge < -0.3 is 9.73 Å². The lowest BCUT2D eigenvalue weighted by Gasteiger charge is -2.08. The topological polar surface area (TPSA) is 97.1 Å². The molecule has 0 bridgehead atoms. The van der Waals surface area contributed by atoms with Gasteiger partial charge in [0.1, 0.15) is 16.4 Å². The molecule has 0 aliphatic rings. The first-order valence-corrected chi connectivity index (χ1v) is 7.93. The molecule has 2 aromatic heterocycles. The molecule has 2 heterocycles. The zero-order valence-corrected chi connectivity index (χ0v) is 13.0. The van der Waals surface area contributed by atoms with Crippen LogP contribution in [0.1, 0.15) is 22.8 Å². The minimum Gasteiger partial charge on any atom is -0.465 e. The van der Waals surface area contributed by atoms with Crippen molar-refractivity contribution in [2.45, 2.75) is 31.8 Å². The Morgan fingerprint density at radius 3 is 2.62 bits per heavy atom. The summed E-state index contributed by atoms with van der Waals surface area (Å²) in [6.07, 6.45) is 1.53. The van der Waals surface area contributed by atoms with Crippen molar-refractivity contribution in [1.29, 1.82) is 0 Å². The van der Waals surface area contributed by atoms with E-state index in [9.17, 15) is 8.42 Å². The van der Waals surface area contributed by atoms with E-state index in [4.69, 9.17) is 4.42 Å². The van der Waals surface area contributed by atoms with E-state index in [1.807, 2.05) is 0 Å². The van der Waals surface area contributed by atoms with Crippen molar-refractivity contribution in [1.82, 2.24) is 20.2 Å². The highest BCUT2D eigenvalue weighted by molar-refractivity contribution is 7.89. The molecule has 0 saturated carbocycles. The van der Waals surface area contributed by atoms with Gasteiger partial charge in [-0.15, -0.1) is 0 Å². The van der Waals surface area contributed by atoms with Crippen LogP contribution in [0.5, 0.6) is 0 Å². The van der Waals surface area contributed by atoms with Crippen LogP contribution in [0.2, 0.25) is 0 Å². The second-order valence-electron chi connectivity index (χ2n) is 4.59. The summed E-state index contributed by atoms with van der Waals surface area (Å²) in [7, 11) is -1.92. The summed E-state index contributed by atoms with van der Waals surface area (Å²) in [4.78, 5) is 0.193. The van der Waals surface area contributed by atoms with E-state index in [-0.39, 0.29) is 11.4 Å². The van der Waals surface area contributed by atoms with Gasteiger partial charge in [-0.3, -0.25) is 0 Å². The van der Waals surface area contributed by atoms with E-state index in [0.717, 1.165) is 0 Å². The van der Waals surface area contributed by atoms with Gasteiger partial charge in [0.05, 0.1) is 12.2 Å². The fourth-order valence-electron chi connectivity index (χ4n) is 2.11. The Balaban J connectivity index is 2.27. The smallest absolute Gasteiger partial charge is 0.244 e. The Morgan fingerprint density at radius 2 is 2.00 bits per heavy atom. The van der Waals surface area contributed by atoms with Crippen LogP contribution >= 0.6 is 0 Å². The maximum absolute atomic E-state index is 12.5. The van der Waals surface area contributed by atoms with Gasteiger partial charge >= 0.3 is 0 Å². The molecule has 0 spiro atoms. The molecule has 8 heteroatoms. The molecule has 0 atom stereocenters. The molecule has 114 valence electrons. The van der Waals surface area contributed by atoms with Crippen molar-refractivity contribution >= 4 is 10.0 Å². The summed E-state index contributed by atoms with van der Waals surface area (Å²) in [5.41, 5.74) is 1.19. The van der Waals surface area contributed by atoms with Gasteiger partial charge in [0.15, 0.2) is 0 Å². The molecule has 0 saturated heterocycles. The van der Waals surface area contributed by atoms with Crippen molar-refractivity contribution in [3.05, 3.63) is 41.1 Å². The minimum atomic E-state index is -3.67. The highest BCUT2D eigenvalue weighted by Gasteiger charge is 2.26. The second-order valence-corrected chi connectivity index (χ2v) is 6.30. The molecule has 0 aliphatic heterocycles. The van der Waals surface area contributed by atoms with Crippen LogP contribution in [0.25, 0.3) is 0 Å². The van der Waals surface area contributed by atoms with Crippen LogP contribution in [0.15, 0.2) is 27.6 Å². The highest BCUT2D eigenvalue weighted by Crippen LogP contribution is 2.26. The highest BCUT2D eigenvalue weighted by atomic mass is 32.2. The van der Waals surface area contributed by atoms with E-state index in [0.29, 0.717) is 29.3 Å². The number of hydrogen-bond donors (Lipinski definition) is 2. The minimum absolute atomic E-state index is 0.0822. The lowest BCUT2D eigenvalue weighted by Crippen LogP contribution is -2.25. The van der Waals surface area contributed by atoms with Crippen LogP contribution < -0.4 is 10.0 Å². The van der Waals surface area contributed by atoms with Crippen molar-refractivity contribution in [2.24, 2.45) is 0 Å². The van der Waals surface area contributed by atoms with Crippen LogP contribution in [-0.4, -0.2) is 25.7 Å². The summed E-state index contributed by atoms with van der Waals surface area (Å²) in [5, 5.41) is 10.5. The predicted octanol–water partition coefficient (Wildman–Crippen LogP) is 0.884. The average molecular weight is 310 g/mol. The van der Waals surface area contributed by atoms with Crippen LogP contribution in [0.4, 0.5) is 0 Å². The van der Waals surface area contributed by atoms with Gasteiger partial charge in [-0.2, -0.15) is 10.2 Å². The largest absolute Gasteiger partial charge is 0.465 e. The standard InChI is InChI=1S/C13H18N4O3S/c1-9-12(8-14-3)13(10(2)20-9)21(18,19)16-7-11-5-4-6-15-17-11/h4-6,14,16H,7-8H2,1-3H3. The van der Waals surface area contributed by atoms with Crippen molar-refractivity contribution in [3.63, 3.8) is 0 Å². The number of nitrogens with one attached hydrogen (secondary N) is 2. The summed E-state index contributed by atoms with van der Waals surface area (Å²) in [6, 6.07) is 3.41. The molecule has 21 heavy (non-hydrogen) atoms. The molecule has 0 unspecified atom stereocenters. The summed E-state index contributed by atoms with van der Waals surface area (Å²) in [5.74, 6) is 0.978. The first-order valence-electron chi connectivity index (χ1n) is 6.45. The first-order chi connectivity index (χ1) is 9.95. The van der Waals surface area contributed by atoms with E-state index < -0.39 is 10.0 Å². The number of nitrogens with zero attached hydrogens (tertiary/aromatic N) is 2. The molecule has 7 nitrogen and oxygen atoms in total. The Hall–Kier alpha value is -1.77. The Bertz CT molecular complexity index is 711. The van der Waals surface area contributed by atoms with E-state index in [1.165, 1.54) is 6.20 Å². The van der Waals surface area contributed by atoms with E-state index >= 15 is 0 Å². The van der Waals surface area contributed by atoms with Gasteiger partial charge in [-0.25, -0.2) is 13.1 Å². The number of sulfonamides is 1. The second kappa shape index (κ2) is 6.33. The van der Waals surface area contributed by atoms with Gasteiger partial charge in [0.2, 0.25) is 10.0 Å². The molecule has 0 aliphatic carbocycles. The van der Waals surface area contributed by atoms with Crippen molar-refractivity contribution in [2.75, 3.05) is 7.05 Å². The third kappa shape index (κ3) is 3.46.